The number of aromatic carboxylic acids is 1. The van der Waals surface area contributed by atoms with E-state index < -0.39 is 5.97 Å². The number of hydrogen-bond donors (Lipinski definition) is 1. The Morgan fingerprint density at radius 3 is 2.55 bits per heavy atom. The number of aromatic nitrogens is 1. The Morgan fingerprint density at radius 2 is 1.82 bits per heavy atom. The number of rotatable bonds is 4. The van der Waals surface area contributed by atoms with Crippen molar-refractivity contribution in [3.05, 3.63) is 65.9 Å². The van der Waals surface area contributed by atoms with Crippen molar-refractivity contribution in [1.29, 1.82) is 0 Å². The van der Waals surface area contributed by atoms with Crippen LogP contribution in [0.3, 0.4) is 0 Å². The zero-order chi connectivity index (χ0) is 15.5. The van der Waals surface area contributed by atoms with Crippen molar-refractivity contribution in [3.8, 4) is 22.8 Å². The standard InChI is InChI=1S/C17H13NO4/c1-11-15(17(19)20)16(18-22-11)12-6-5-9-14(10-12)21-13-7-3-2-4-8-13/h2-10H,1H3,(H,19,20). The van der Waals surface area contributed by atoms with E-state index in [4.69, 9.17) is 9.26 Å². The molecule has 5 nitrogen and oxygen atoms in total. The minimum Gasteiger partial charge on any atom is -0.477 e. The lowest BCUT2D eigenvalue weighted by Gasteiger charge is -2.06. The molecule has 0 bridgehead atoms. The molecule has 22 heavy (non-hydrogen) atoms. The van der Waals surface area contributed by atoms with E-state index in [2.05, 4.69) is 5.16 Å². The van der Waals surface area contributed by atoms with E-state index >= 15 is 0 Å². The van der Waals surface area contributed by atoms with E-state index in [9.17, 15) is 9.90 Å². The Kier molecular flexibility index (Phi) is 3.62. The summed E-state index contributed by atoms with van der Waals surface area (Å²) in [6.45, 7) is 1.57. The highest BCUT2D eigenvalue weighted by molar-refractivity contribution is 5.95. The van der Waals surface area contributed by atoms with Crippen molar-refractivity contribution in [1.82, 2.24) is 5.16 Å². The molecule has 0 spiro atoms. The van der Waals surface area contributed by atoms with Gasteiger partial charge in [-0.25, -0.2) is 4.79 Å². The van der Waals surface area contributed by atoms with Crippen molar-refractivity contribution < 1.29 is 19.2 Å². The van der Waals surface area contributed by atoms with Crippen LogP contribution in [0.5, 0.6) is 11.5 Å². The van der Waals surface area contributed by atoms with Crippen LogP contribution in [-0.2, 0) is 0 Å². The van der Waals surface area contributed by atoms with Gasteiger partial charge in [-0.1, -0.05) is 35.5 Å². The fourth-order valence-electron chi connectivity index (χ4n) is 2.15. The molecule has 3 aromatic rings. The quantitative estimate of drug-likeness (QED) is 0.783. The first-order chi connectivity index (χ1) is 10.6. The number of para-hydroxylation sites is 1. The Balaban J connectivity index is 1.97. The van der Waals surface area contributed by atoms with Crippen LogP contribution in [0.1, 0.15) is 16.1 Å². The largest absolute Gasteiger partial charge is 0.477 e. The molecule has 1 N–H and O–H groups in total. The Labute approximate surface area is 126 Å². The topological polar surface area (TPSA) is 72.6 Å². The van der Waals surface area contributed by atoms with Crippen molar-refractivity contribution in [2.45, 2.75) is 6.92 Å². The molecule has 0 radical (unpaired) electrons. The maximum atomic E-state index is 11.3. The fourth-order valence-corrected chi connectivity index (χ4v) is 2.15. The van der Waals surface area contributed by atoms with Crippen molar-refractivity contribution in [3.63, 3.8) is 0 Å². The highest BCUT2D eigenvalue weighted by Gasteiger charge is 2.21. The molecule has 1 heterocycles. The number of ether oxygens (including phenoxy) is 1. The molecule has 0 saturated heterocycles. The third-order valence-electron chi connectivity index (χ3n) is 3.16. The third kappa shape index (κ3) is 2.69. The summed E-state index contributed by atoms with van der Waals surface area (Å²) in [7, 11) is 0. The number of carboxylic acids is 1. The number of aryl methyl sites for hydroxylation is 1. The number of carboxylic acid groups (broad SMARTS) is 1. The molecule has 2 aromatic carbocycles. The van der Waals surface area contributed by atoms with Gasteiger partial charge in [-0.05, 0) is 31.2 Å². The summed E-state index contributed by atoms with van der Waals surface area (Å²) in [5.41, 5.74) is 0.989. The predicted molar refractivity (Wildman–Crippen MR) is 80.2 cm³/mol. The average molecular weight is 295 g/mol. The molecule has 0 saturated carbocycles. The highest BCUT2D eigenvalue weighted by Crippen LogP contribution is 2.29. The van der Waals surface area contributed by atoms with Gasteiger partial charge in [0.05, 0.1) is 0 Å². The second kappa shape index (κ2) is 5.73. The lowest BCUT2D eigenvalue weighted by molar-refractivity contribution is 0.0695. The van der Waals surface area contributed by atoms with E-state index in [-0.39, 0.29) is 11.3 Å². The summed E-state index contributed by atoms with van der Waals surface area (Å²) in [6.07, 6.45) is 0. The lowest BCUT2D eigenvalue weighted by Crippen LogP contribution is -1.99. The molecular weight excluding hydrogens is 282 g/mol. The first-order valence-electron chi connectivity index (χ1n) is 6.68. The van der Waals surface area contributed by atoms with Crippen LogP contribution in [0, 0.1) is 6.92 Å². The van der Waals surface area contributed by atoms with E-state index in [1.54, 1.807) is 31.2 Å². The molecule has 0 fully saturated rings. The summed E-state index contributed by atoms with van der Waals surface area (Å²) in [5.74, 6) is 0.509. The molecule has 0 atom stereocenters. The highest BCUT2D eigenvalue weighted by atomic mass is 16.5. The van der Waals surface area contributed by atoms with Gasteiger partial charge >= 0.3 is 5.97 Å². The van der Waals surface area contributed by atoms with Gasteiger partial charge in [0, 0.05) is 5.56 Å². The summed E-state index contributed by atoms with van der Waals surface area (Å²) in [4.78, 5) is 11.3. The molecule has 1 aromatic heterocycles. The van der Waals surface area contributed by atoms with Crippen molar-refractivity contribution >= 4 is 5.97 Å². The lowest BCUT2D eigenvalue weighted by atomic mass is 10.1. The van der Waals surface area contributed by atoms with Crippen LogP contribution < -0.4 is 4.74 Å². The van der Waals surface area contributed by atoms with Gasteiger partial charge in [0.25, 0.3) is 0 Å². The second-order valence-electron chi connectivity index (χ2n) is 4.71. The van der Waals surface area contributed by atoms with E-state index in [0.29, 0.717) is 22.8 Å². The normalized spacial score (nSPS) is 10.4. The second-order valence-corrected chi connectivity index (χ2v) is 4.71. The van der Waals surface area contributed by atoms with Crippen LogP contribution >= 0.6 is 0 Å². The maximum absolute atomic E-state index is 11.3. The van der Waals surface area contributed by atoms with Crippen LogP contribution in [-0.4, -0.2) is 16.2 Å². The van der Waals surface area contributed by atoms with Crippen LogP contribution in [0.15, 0.2) is 59.1 Å². The summed E-state index contributed by atoms with van der Waals surface area (Å²) in [5, 5.41) is 13.1. The van der Waals surface area contributed by atoms with E-state index in [1.807, 2.05) is 30.3 Å². The molecule has 5 heteroatoms. The zero-order valence-electron chi connectivity index (χ0n) is 11.8. The summed E-state index contributed by atoms with van der Waals surface area (Å²) >= 11 is 0. The van der Waals surface area contributed by atoms with Gasteiger partial charge in [-0.2, -0.15) is 0 Å². The van der Waals surface area contributed by atoms with Crippen LogP contribution in [0.2, 0.25) is 0 Å². The molecule has 0 amide bonds. The van der Waals surface area contributed by atoms with Gasteiger partial charge in [0.15, 0.2) is 0 Å². The van der Waals surface area contributed by atoms with Gasteiger partial charge in [0.2, 0.25) is 0 Å². The maximum Gasteiger partial charge on any atom is 0.341 e. The number of benzene rings is 2. The molecule has 110 valence electrons. The number of nitrogens with zero attached hydrogens (tertiary/aromatic N) is 1. The summed E-state index contributed by atoms with van der Waals surface area (Å²) < 4.78 is 10.7. The average Bonchev–Trinajstić information content (AvgIpc) is 2.90. The molecule has 3 rings (SSSR count). The SMILES string of the molecule is Cc1onc(-c2cccc(Oc3ccccc3)c2)c1C(=O)O. The van der Waals surface area contributed by atoms with Crippen LogP contribution in [0.25, 0.3) is 11.3 Å². The van der Waals surface area contributed by atoms with E-state index in [1.165, 1.54) is 0 Å². The Morgan fingerprint density at radius 1 is 1.09 bits per heavy atom. The molecule has 0 aliphatic rings. The monoisotopic (exact) mass is 295 g/mol. The molecule has 0 aliphatic heterocycles. The Hall–Kier alpha value is -3.08. The third-order valence-corrected chi connectivity index (χ3v) is 3.16. The molecule has 0 unspecified atom stereocenters. The predicted octanol–water partition coefficient (Wildman–Crippen LogP) is 4.14. The van der Waals surface area contributed by atoms with Gasteiger partial charge in [-0.15, -0.1) is 0 Å². The fraction of sp³-hybridized carbons (Fsp3) is 0.0588. The Bertz CT molecular complexity index is 809. The number of carbonyl (C=O) groups is 1. The summed E-state index contributed by atoms with van der Waals surface area (Å²) in [6, 6.07) is 16.4. The minimum atomic E-state index is -1.07. The first-order valence-corrected chi connectivity index (χ1v) is 6.68. The van der Waals surface area contributed by atoms with Gasteiger partial charge in [0.1, 0.15) is 28.5 Å². The smallest absolute Gasteiger partial charge is 0.341 e. The van der Waals surface area contributed by atoms with Crippen LogP contribution in [0.4, 0.5) is 0 Å². The van der Waals surface area contributed by atoms with Crippen molar-refractivity contribution in [2.24, 2.45) is 0 Å². The van der Waals surface area contributed by atoms with Gasteiger partial charge < -0.3 is 14.4 Å². The molecule has 0 aliphatic carbocycles. The number of hydrogen-bond acceptors (Lipinski definition) is 4. The molecular formula is C17H13NO4. The van der Waals surface area contributed by atoms with Gasteiger partial charge in [-0.3, -0.25) is 0 Å². The van der Waals surface area contributed by atoms with Crippen molar-refractivity contribution in [2.75, 3.05) is 0 Å². The first kappa shape index (κ1) is 13.9. The zero-order valence-corrected chi connectivity index (χ0v) is 11.8. The minimum absolute atomic E-state index is 0.0665. The van der Waals surface area contributed by atoms with E-state index in [0.717, 1.165) is 0 Å².